The van der Waals surface area contributed by atoms with Gasteiger partial charge in [0.15, 0.2) is 0 Å². The lowest BCUT2D eigenvalue weighted by molar-refractivity contribution is 1.11. The molecule has 0 N–H and O–H groups in total. The summed E-state index contributed by atoms with van der Waals surface area (Å²) < 4.78 is 2.14. The Labute approximate surface area is 106 Å². The van der Waals surface area contributed by atoms with Crippen molar-refractivity contribution in [1.29, 1.82) is 5.26 Å². The Morgan fingerprint density at radius 3 is 2.44 bits per heavy atom. The molecule has 1 aromatic heterocycles. The van der Waals surface area contributed by atoms with Gasteiger partial charge in [0.2, 0.25) is 0 Å². The third-order valence-electron chi connectivity index (χ3n) is 3.10. The molecule has 0 saturated carbocycles. The van der Waals surface area contributed by atoms with Crippen molar-refractivity contribution in [2.45, 2.75) is 6.42 Å². The highest BCUT2D eigenvalue weighted by Crippen LogP contribution is 2.24. The molecule has 0 saturated heterocycles. The molecule has 18 heavy (non-hydrogen) atoms. The molecule has 86 valence electrons. The SMILES string of the molecule is N#CCc1cn(-c2ccccc2)c2ccccc12. The number of aromatic nitrogens is 1. The van der Waals surface area contributed by atoms with E-state index in [2.05, 4.69) is 41.1 Å². The predicted octanol–water partition coefficient (Wildman–Crippen LogP) is 3.70. The smallest absolute Gasteiger partial charge is 0.0670 e. The highest BCUT2D eigenvalue weighted by Gasteiger charge is 2.08. The van der Waals surface area contributed by atoms with Crippen molar-refractivity contribution >= 4 is 10.9 Å². The molecule has 0 unspecified atom stereocenters. The molecular formula is C16H12N2. The second-order valence-corrected chi connectivity index (χ2v) is 4.21. The molecule has 3 aromatic rings. The fourth-order valence-electron chi connectivity index (χ4n) is 2.28. The normalized spacial score (nSPS) is 10.4. The van der Waals surface area contributed by atoms with Gasteiger partial charge in [0.05, 0.1) is 18.0 Å². The van der Waals surface area contributed by atoms with E-state index < -0.39 is 0 Å². The lowest BCUT2D eigenvalue weighted by Gasteiger charge is -2.04. The van der Waals surface area contributed by atoms with Gasteiger partial charge in [-0.2, -0.15) is 5.26 Å². The van der Waals surface area contributed by atoms with E-state index in [0.717, 1.165) is 22.2 Å². The van der Waals surface area contributed by atoms with Gasteiger partial charge in [-0.1, -0.05) is 36.4 Å². The zero-order valence-corrected chi connectivity index (χ0v) is 9.88. The van der Waals surface area contributed by atoms with Crippen LogP contribution in [-0.4, -0.2) is 4.57 Å². The lowest BCUT2D eigenvalue weighted by Crippen LogP contribution is -1.90. The third kappa shape index (κ3) is 1.66. The Morgan fingerprint density at radius 2 is 1.67 bits per heavy atom. The molecule has 0 atom stereocenters. The van der Waals surface area contributed by atoms with Crippen LogP contribution in [0.2, 0.25) is 0 Å². The molecule has 2 aromatic carbocycles. The molecule has 2 nitrogen and oxygen atoms in total. The van der Waals surface area contributed by atoms with Gasteiger partial charge in [0.25, 0.3) is 0 Å². The highest BCUT2D eigenvalue weighted by molar-refractivity contribution is 5.85. The minimum Gasteiger partial charge on any atom is -0.316 e. The van der Waals surface area contributed by atoms with Crippen LogP contribution in [0, 0.1) is 11.3 Å². The summed E-state index contributed by atoms with van der Waals surface area (Å²) in [6.07, 6.45) is 2.50. The first-order valence-electron chi connectivity index (χ1n) is 5.91. The maximum atomic E-state index is 8.90. The predicted molar refractivity (Wildman–Crippen MR) is 72.6 cm³/mol. The molecule has 0 amide bonds. The van der Waals surface area contributed by atoms with Crippen LogP contribution in [-0.2, 0) is 6.42 Å². The third-order valence-corrected chi connectivity index (χ3v) is 3.10. The number of nitriles is 1. The minimum absolute atomic E-state index is 0.445. The van der Waals surface area contributed by atoms with Gasteiger partial charge in [-0.3, -0.25) is 0 Å². The Hall–Kier alpha value is -2.53. The number of fused-ring (bicyclic) bond motifs is 1. The Bertz CT molecular complexity index is 718. The largest absolute Gasteiger partial charge is 0.316 e. The zero-order chi connectivity index (χ0) is 12.4. The van der Waals surface area contributed by atoms with Gasteiger partial charge >= 0.3 is 0 Å². The number of para-hydroxylation sites is 2. The summed E-state index contributed by atoms with van der Waals surface area (Å²) in [5, 5.41) is 10.1. The van der Waals surface area contributed by atoms with Crippen LogP contribution in [0.1, 0.15) is 5.56 Å². The summed E-state index contributed by atoms with van der Waals surface area (Å²) in [5.41, 5.74) is 3.35. The number of hydrogen-bond acceptors (Lipinski definition) is 1. The van der Waals surface area contributed by atoms with Crippen molar-refractivity contribution < 1.29 is 0 Å². The van der Waals surface area contributed by atoms with Crippen LogP contribution in [0.4, 0.5) is 0 Å². The summed E-state index contributed by atoms with van der Waals surface area (Å²) in [6.45, 7) is 0. The fourth-order valence-corrected chi connectivity index (χ4v) is 2.28. The van der Waals surface area contributed by atoms with Crippen molar-refractivity contribution in [3.05, 3.63) is 66.4 Å². The summed E-state index contributed by atoms with van der Waals surface area (Å²) in [4.78, 5) is 0. The monoisotopic (exact) mass is 232 g/mol. The summed E-state index contributed by atoms with van der Waals surface area (Å²) in [7, 11) is 0. The average Bonchev–Trinajstić information content (AvgIpc) is 2.80. The van der Waals surface area contributed by atoms with E-state index in [0.29, 0.717) is 6.42 Å². The molecule has 2 heteroatoms. The second kappa shape index (κ2) is 4.38. The molecule has 0 bridgehead atoms. The molecular weight excluding hydrogens is 220 g/mol. The Morgan fingerprint density at radius 1 is 0.944 bits per heavy atom. The topological polar surface area (TPSA) is 28.7 Å². The standard InChI is InChI=1S/C16H12N2/c17-11-10-13-12-18(14-6-2-1-3-7-14)16-9-5-4-8-15(13)16/h1-9,12H,10H2. The quantitative estimate of drug-likeness (QED) is 0.662. The van der Waals surface area contributed by atoms with Gasteiger partial charge in [-0.15, -0.1) is 0 Å². The highest BCUT2D eigenvalue weighted by atomic mass is 15.0. The fraction of sp³-hybridized carbons (Fsp3) is 0.0625. The van der Waals surface area contributed by atoms with Crippen LogP contribution in [0.25, 0.3) is 16.6 Å². The van der Waals surface area contributed by atoms with Gasteiger partial charge in [-0.05, 0) is 23.8 Å². The summed E-state index contributed by atoms with van der Waals surface area (Å²) in [5.74, 6) is 0. The van der Waals surface area contributed by atoms with Crippen molar-refractivity contribution in [1.82, 2.24) is 4.57 Å². The second-order valence-electron chi connectivity index (χ2n) is 4.21. The average molecular weight is 232 g/mol. The molecule has 0 aliphatic heterocycles. The van der Waals surface area contributed by atoms with E-state index >= 15 is 0 Å². The van der Waals surface area contributed by atoms with E-state index in [1.54, 1.807) is 0 Å². The van der Waals surface area contributed by atoms with Crippen LogP contribution in [0.15, 0.2) is 60.8 Å². The maximum Gasteiger partial charge on any atom is 0.0670 e. The zero-order valence-electron chi connectivity index (χ0n) is 9.88. The van der Waals surface area contributed by atoms with Crippen LogP contribution >= 0.6 is 0 Å². The number of benzene rings is 2. The van der Waals surface area contributed by atoms with Crippen LogP contribution in [0.3, 0.4) is 0 Å². The summed E-state index contributed by atoms with van der Waals surface area (Å²) >= 11 is 0. The van der Waals surface area contributed by atoms with E-state index in [1.807, 2.05) is 30.3 Å². The molecule has 3 rings (SSSR count). The molecule has 0 spiro atoms. The van der Waals surface area contributed by atoms with Crippen molar-refractivity contribution in [3.63, 3.8) is 0 Å². The van der Waals surface area contributed by atoms with Crippen LogP contribution < -0.4 is 0 Å². The van der Waals surface area contributed by atoms with Gasteiger partial charge in [0.1, 0.15) is 0 Å². The number of nitrogens with zero attached hydrogens (tertiary/aromatic N) is 2. The molecule has 0 aliphatic rings. The first-order valence-corrected chi connectivity index (χ1v) is 5.91. The lowest BCUT2D eigenvalue weighted by atomic mass is 10.1. The van der Waals surface area contributed by atoms with Crippen molar-refractivity contribution in [2.24, 2.45) is 0 Å². The van der Waals surface area contributed by atoms with Gasteiger partial charge in [0, 0.05) is 17.3 Å². The van der Waals surface area contributed by atoms with Gasteiger partial charge in [-0.25, -0.2) is 0 Å². The van der Waals surface area contributed by atoms with Gasteiger partial charge < -0.3 is 4.57 Å². The molecule has 0 fully saturated rings. The van der Waals surface area contributed by atoms with Crippen molar-refractivity contribution in [2.75, 3.05) is 0 Å². The molecule has 1 heterocycles. The Balaban J connectivity index is 2.28. The maximum absolute atomic E-state index is 8.90. The van der Waals surface area contributed by atoms with E-state index in [1.165, 1.54) is 0 Å². The Kier molecular flexibility index (Phi) is 2.59. The summed E-state index contributed by atoms with van der Waals surface area (Å²) in [6, 6.07) is 20.6. The number of rotatable bonds is 2. The first-order chi connectivity index (χ1) is 8.90. The molecule has 0 radical (unpaired) electrons. The first kappa shape index (κ1) is 10.6. The van der Waals surface area contributed by atoms with Crippen molar-refractivity contribution in [3.8, 4) is 11.8 Å². The number of hydrogen-bond donors (Lipinski definition) is 0. The van der Waals surface area contributed by atoms with E-state index in [4.69, 9.17) is 5.26 Å². The van der Waals surface area contributed by atoms with Crippen LogP contribution in [0.5, 0.6) is 0 Å². The minimum atomic E-state index is 0.445. The molecule has 0 aliphatic carbocycles. The van der Waals surface area contributed by atoms with E-state index in [9.17, 15) is 0 Å². The van der Waals surface area contributed by atoms with E-state index in [-0.39, 0.29) is 0 Å².